The summed E-state index contributed by atoms with van der Waals surface area (Å²) in [6.45, 7) is 0.678. The van der Waals surface area contributed by atoms with Crippen LogP contribution in [0.1, 0.15) is 16.5 Å². The van der Waals surface area contributed by atoms with E-state index >= 15 is 0 Å². The van der Waals surface area contributed by atoms with Gasteiger partial charge in [0.2, 0.25) is 0 Å². The fourth-order valence-corrected chi connectivity index (χ4v) is 2.78. The second kappa shape index (κ2) is 6.55. The third kappa shape index (κ3) is 3.46. The Kier molecular flexibility index (Phi) is 5.03. The van der Waals surface area contributed by atoms with Gasteiger partial charge in [0.05, 0.1) is 12.6 Å². The van der Waals surface area contributed by atoms with Crippen LogP contribution in [0.3, 0.4) is 0 Å². The number of hydrogen-bond donors (Lipinski definition) is 2. The first-order valence-electron chi connectivity index (χ1n) is 5.52. The molecule has 0 spiro atoms. The lowest BCUT2D eigenvalue weighted by molar-refractivity contribution is 0.244. The van der Waals surface area contributed by atoms with E-state index in [0.29, 0.717) is 16.6 Å². The summed E-state index contributed by atoms with van der Waals surface area (Å²) in [5.41, 5.74) is 0.822. The van der Waals surface area contributed by atoms with E-state index in [4.69, 9.17) is 23.2 Å². The molecule has 0 fully saturated rings. The normalized spacial score (nSPS) is 12.6. The van der Waals surface area contributed by atoms with Gasteiger partial charge in [-0.15, -0.1) is 11.3 Å². The van der Waals surface area contributed by atoms with Gasteiger partial charge in [0, 0.05) is 21.5 Å². The topological polar surface area (TPSA) is 32.3 Å². The lowest BCUT2D eigenvalue weighted by Crippen LogP contribution is -2.23. The standard InChI is InChI=1S/C13H13Cl2NOS/c14-9-3-4-12(15)11(6-9)13(8-17)16-7-10-2-1-5-18-10/h1-6,13,16-17H,7-8H2. The molecule has 1 aromatic carbocycles. The van der Waals surface area contributed by atoms with Gasteiger partial charge in [-0.1, -0.05) is 29.3 Å². The zero-order valence-corrected chi connectivity index (χ0v) is 11.9. The largest absolute Gasteiger partial charge is 0.394 e. The Morgan fingerprint density at radius 3 is 2.78 bits per heavy atom. The molecule has 1 atom stereocenters. The molecule has 0 aliphatic carbocycles. The van der Waals surface area contributed by atoms with Gasteiger partial charge in [0.1, 0.15) is 0 Å². The molecule has 0 amide bonds. The Morgan fingerprint density at radius 1 is 1.28 bits per heavy atom. The van der Waals surface area contributed by atoms with Crippen LogP contribution in [0.15, 0.2) is 35.7 Å². The van der Waals surface area contributed by atoms with Crippen molar-refractivity contribution < 1.29 is 5.11 Å². The molecule has 2 aromatic rings. The molecule has 0 saturated carbocycles. The lowest BCUT2D eigenvalue weighted by Gasteiger charge is -2.18. The van der Waals surface area contributed by atoms with Crippen LogP contribution in [0.2, 0.25) is 10.0 Å². The molecule has 0 aliphatic heterocycles. The van der Waals surface area contributed by atoms with E-state index in [1.54, 1.807) is 29.5 Å². The van der Waals surface area contributed by atoms with Crippen LogP contribution in [0.4, 0.5) is 0 Å². The van der Waals surface area contributed by atoms with Gasteiger partial charge in [-0.25, -0.2) is 0 Å². The molecule has 0 aliphatic rings. The summed E-state index contributed by atoms with van der Waals surface area (Å²) >= 11 is 13.7. The minimum absolute atomic E-state index is 0.0224. The summed E-state index contributed by atoms with van der Waals surface area (Å²) in [6.07, 6.45) is 0. The predicted octanol–water partition coefficient (Wildman–Crippen LogP) is 3.88. The second-order valence-corrected chi connectivity index (χ2v) is 5.74. The van der Waals surface area contributed by atoms with E-state index < -0.39 is 0 Å². The van der Waals surface area contributed by atoms with Crippen molar-refractivity contribution in [3.05, 3.63) is 56.2 Å². The van der Waals surface area contributed by atoms with E-state index in [9.17, 15) is 5.11 Å². The fraction of sp³-hybridized carbons (Fsp3) is 0.231. The smallest absolute Gasteiger partial charge is 0.0627 e. The van der Waals surface area contributed by atoms with E-state index in [-0.39, 0.29) is 12.6 Å². The molecule has 5 heteroatoms. The highest BCUT2D eigenvalue weighted by Crippen LogP contribution is 2.26. The van der Waals surface area contributed by atoms with E-state index in [1.807, 2.05) is 17.5 Å². The Labute approximate surface area is 120 Å². The van der Waals surface area contributed by atoms with Crippen LogP contribution in [0.5, 0.6) is 0 Å². The van der Waals surface area contributed by atoms with E-state index in [2.05, 4.69) is 5.32 Å². The maximum absolute atomic E-state index is 9.46. The quantitative estimate of drug-likeness (QED) is 0.878. The van der Waals surface area contributed by atoms with Crippen molar-refractivity contribution in [1.82, 2.24) is 5.32 Å². The molecule has 1 heterocycles. The molecule has 2 N–H and O–H groups in total. The maximum atomic E-state index is 9.46. The van der Waals surface area contributed by atoms with Crippen LogP contribution in [0.25, 0.3) is 0 Å². The first kappa shape index (κ1) is 13.8. The van der Waals surface area contributed by atoms with Crippen molar-refractivity contribution in [2.45, 2.75) is 12.6 Å². The molecule has 0 radical (unpaired) electrons. The van der Waals surface area contributed by atoms with Gasteiger partial charge >= 0.3 is 0 Å². The fourth-order valence-electron chi connectivity index (χ4n) is 1.69. The highest BCUT2D eigenvalue weighted by molar-refractivity contribution is 7.09. The van der Waals surface area contributed by atoms with Crippen LogP contribution in [-0.2, 0) is 6.54 Å². The Bertz CT molecular complexity index is 502. The van der Waals surface area contributed by atoms with Gasteiger partial charge < -0.3 is 10.4 Å². The number of rotatable bonds is 5. The summed E-state index contributed by atoms with van der Waals surface area (Å²) in [4.78, 5) is 1.21. The Morgan fingerprint density at radius 2 is 2.11 bits per heavy atom. The van der Waals surface area contributed by atoms with Crippen molar-refractivity contribution in [3.63, 3.8) is 0 Å². The highest BCUT2D eigenvalue weighted by atomic mass is 35.5. The van der Waals surface area contributed by atoms with Gasteiger partial charge in [-0.05, 0) is 35.2 Å². The number of aliphatic hydroxyl groups excluding tert-OH is 1. The number of aliphatic hydroxyl groups is 1. The van der Waals surface area contributed by atoms with Crippen molar-refractivity contribution in [1.29, 1.82) is 0 Å². The van der Waals surface area contributed by atoms with Crippen LogP contribution >= 0.6 is 34.5 Å². The molecule has 0 bridgehead atoms. The molecule has 96 valence electrons. The van der Waals surface area contributed by atoms with Crippen molar-refractivity contribution in [2.24, 2.45) is 0 Å². The Hall–Kier alpha value is -0.580. The molecular formula is C13H13Cl2NOS. The third-order valence-corrected chi connectivity index (χ3v) is 4.07. The SMILES string of the molecule is OCC(NCc1cccs1)c1cc(Cl)ccc1Cl. The first-order chi connectivity index (χ1) is 8.70. The minimum atomic E-state index is -0.210. The van der Waals surface area contributed by atoms with Gasteiger partial charge in [-0.3, -0.25) is 0 Å². The van der Waals surface area contributed by atoms with Crippen LogP contribution in [0, 0.1) is 0 Å². The molecular weight excluding hydrogens is 289 g/mol. The summed E-state index contributed by atoms with van der Waals surface area (Å²) in [5.74, 6) is 0. The van der Waals surface area contributed by atoms with Crippen molar-refractivity contribution >= 4 is 34.5 Å². The van der Waals surface area contributed by atoms with Crippen LogP contribution in [-0.4, -0.2) is 11.7 Å². The summed E-state index contributed by atoms with van der Waals surface area (Å²) in [6, 6.07) is 9.11. The highest BCUT2D eigenvalue weighted by Gasteiger charge is 2.14. The van der Waals surface area contributed by atoms with Crippen molar-refractivity contribution in [2.75, 3.05) is 6.61 Å². The Balaban J connectivity index is 2.10. The molecule has 18 heavy (non-hydrogen) atoms. The van der Waals surface area contributed by atoms with Crippen molar-refractivity contribution in [3.8, 4) is 0 Å². The van der Waals surface area contributed by atoms with Crippen LogP contribution < -0.4 is 5.32 Å². The van der Waals surface area contributed by atoms with E-state index in [0.717, 1.165) is 5.56 Å². The van der Waals surface area contributed by atoms with Gasteiger partial charge in [-0.2, -0.15) is 0 Å². The summed E-state index contributed by atoms with van der Waals surface area (Å²) in [5, 5.41) is 16.0. The lowest BCUT2D eigenvalue weighted by atomic mass is 10.1. The summed E-state index contributed by atoms with van der Waals surface area (Å²) in [7, 11) is 0. The number of thiophene rings is 1. The zero-order valence-electron chi connectivity index (χ0n) is 9.57. The average molecular weight is 302 g/mol. The molecule has 2 rings (SSSR count). The number of halogens is 2. The number of nitrogens with one attached hydrogen (secondary N) is 1. The average Bonchev–Trinajstić information content (AvgIpc) is 2.87. The second-order valence-electron chi connectivity index (χ2n) is 3.86. The first-order valence-corrected chi connectivity index (χ1v) is 7.16. The van der Waals surface area contributed by atoms with Gasteiger partial charge in [0.15, 0.2) is 0 Å². The minimum Gasteiger partial charge on any atom is -0.394 e. The molecule has 1 unspecified atom stereocenters. The summed E-state index contributed by atoms with van der Waals surface area (Å²) < 4.78 is 0. The predicted molar refractivity (Wildman–Crippen MR) is 77.4 cm³/mol. The van der Waals surface area contributed by atoms with Gasteiger partial charge in [0.25, 0.3) is 0 Å². The zero-order chi connectivity index (χ0) is 13.0. The maximum Gasteiger partial charge on any atom is 0.0627 e. The molecule has 1 aromatic heterocycles. The van der Waals surface area contributed by atoms with E-state index in [1.165, 1.54) is 4.88 Å². The number of hydrogen-bond acceptors (Lipinski definition) is 3. The monoisotopic (exact) mass is 301 g/mol. The number of benzene rings is 1. The molecule has 0 saturated heterocycles. The molecule has 2 nitrogen and oxygen atoms in total. The third-order valence-electron chi connectivity index (χ3n) is 2.62.